The van der Waals surface area contributed by atoms with E-state index in [9.17, 15) is 57.8 Å². The molecule has 0 fully saturated rings. The molecule has 6 rings (SSSR count). The Bertz CT molecular complexity index is 3540. The third-order valence-corrected chi connectivity index (χ3v) is 12.8. The van der Waals surface area contributed by atoms with E-state index in [1.165, 1.54) is 86.0 Å². The molecule has 0 unspecified atom stereocenters. The number of aliphatic hydroxyl groups is 1. The number of carbonyl (C=O) groups excluding carboxylic acids is 11. The van der Waals surface area contributed by atoms with E-state index in [-0.39, 0.29) is 133 Å². The summed E-state index contributed by atoms with van der Waals surface area (Å²) in [5.74, 6) is -5.51. The fourth-order valence-electron chi connectivity index (χ4n) is 8.53. The van der Waals surface area contributed by atoms with Crippen molar-refractivity contribution in [2.75, 3.05) is 85.3 Å². The van der Waals surface area contributed by atoms with Crippen molar-refractivity contribution < 1.29 is 57.8 Å². The van der Waals surface area contributed by atoms with E-state index >= 15 is 0 Å². The van der Waals surface area contributed by atoms with Gasteiger partial charge in [0, 0.05) is 138 Å². The third kappa shape index (κ3) is 19.3. The van der Waals surface area contributed by atoms with E-state index in [0.29, 0.717) is 12.2 Å². The topological polar surface area (TPSA) is 412 Å². The number of rotatable bonds is 30. The summed E-state index contributed by atoms with van der Waals surface area (Å²) in [7, 11) is 13.4. The van der Waals surface area contributed by atoms with Crippen molar-refractivity contribution in [3.8, 4) is 0 Å². The number of aromatic nitrogens is 9. The van der Waals surface area contributed by atoms with Crippen molar-refractivity contribution in [1.82, 2.24) is 73.8 Å². The molecule has 0 radical (unpaired) electrons. The Hall–Kier alpha value is -10.4. The van der Waals surface area contributed by atoms with E-state index in [2.05, 4.69) is 73.4 Å². The first kappa shape index (κ1) is 65.7. The zero-order valence-electron chi connectivity index (χ0n) is 49.7. The van der Waals surface area contributed by atoms with Gasteiger partial charge in [0.1, 0.15) is 23.2 Å². The van der Waals surface area contributed by atoms with Gasteiger partial charge in [-0.25, -0.2) is 15.0 Å². The number of nitrogens with one attached hydrogen (secondary N) is 11. The Labute approximate surface area is 498 Å². The molecule has 87 heavy (non-hydrogen) atoms. The van der Waals surface area contributed by atoms with Gasteiger partial charge in [0.05, 0.1) is 17.1 Å². The predicted molar refractivity (Wildman–Crippen MR) is 317 cm³/mol. The van der Waals surface area contributed by atoms with Crippen LogP contribution in [-0.2, 0) is 66.3 Å². The number of hydrogen-bond acceptors (Lipinski definition) is 16. The van der Waals surface area contributed by atoms with E-state index in [0.717, 1.165) is 13.0 Å². The fourth-order valence-corrected chi connectivity index (χ4v) is 8.53. The van der Waals surface area contributed by atoms with Crippen molar-refractivity contribution in [2.24, 2.45) is 42.3 Å². The first-order valence-corrected chi connectivity index (χ1v) is 27.4. The Kier molecular flexibility index (Phi) is 23.0. The summed E-state index contributed by atoms with van der Waals surface area (Å²) < 4.78 is 8.67. The van der Waals surface area contributed by atoms with E-state index in [4.69, 9.17) is 0 Å². The second-order valence-corrected chi connectivity index (χ2v) is 20.5. The summed E-state index contributed by atoms with van der Waals surface area (Å²) in [4.78, 5) is 154. The van der Waals surface area contributed by atoms with Crippen LogP contribution in [0.3, 0.4) is 0 Å². The fraction of sp³-hybridized carbons (Fsp3) is 0.407. The quantitative estimate of drug-likeness (QED) is 0.0255. The largest absolute Gasteiger partial charge is 0.383 e. The molecule has 1 atom stereocenters. The number of imidazole rings is 3. The maximum Gasteiger partial charge on any atom is 0.291 e. The number of hydrogen-bond donors (Lipinski definition) is 12. The zero-order chi connectivity index (χ0) is 63.6. The molecule has 6 aromatic heterocycles. The Balaban J connectivity index is 0.866. The van der Waals surface area contributed by atoms with E-state index in [1.807, 2.05) is 19.0 Å². The lowest BCUT2D eigenvalue weighted by molar-refractivity contribution is -0.124. The summed E-state index contributed by atoms with van der Waals surface area (Å²) in [6, 6.07) is 4.38. The predicted octanol–water partition coefficient (Wildman–Crippen LogP) is -0.420. The van der Waals surface area contributed by atoms with Crippen LogP contribution in [0.15, 0.2) is 55.4 Å². The number of carbonyl (C=O) groups is 11. The van der Waals surface area contributed by atoms with Crippen LogP contribution >= 0.6 is 0 Å². The van der Waals surface area contributed by atoms with E-state index < -0.39 is 59.3 Å². The molecular formula is C54H73N21O12. The minimum atomic E-state index is -1.56. The van der Waals surface area contributed by atoms with Crippen LogP contribution < -0.4 is 58.5 Å². The molecule has 6 heterocycles. The van der Waals surface area contributed by atoms with Crippen LogP contribution in [0, 0.1) is 0 Å². The monoisotopic (exact) mass is 1210 g/mol. The van der Waals surface area contributed by atoms with Crippen molar-refractivity contribution in [2.45, 2.75) is 51.6 Å². The normalized spacial score (nSPS) is 11.3. The van der Waals surface area contributed by atoms with Gasteiger partial charge in [0.25, 0.3) is 41.4 Å². The van der Waals surface area contributed by atoms with Crippen molar-refractivity contribution in [1.29, 1.82) is 0 Å². The van der Waals surface area contributed by atoms with Crippen LogP contribution in [0.5, 0.6) is 0 Å². The Morgan fingerprint density at radius 3 is 1.32 bits per heavy atom. The molecule has 33 heteroatoms. The number of aliphatic hydroxyl groups excluding tert-OH is 1. The first-order chi connectivity index (χ1) is 41.2. The highest BCUT2D eigenvalue weighted by Gasteiger charge is 2.24. The van der Waals surface area contributed by atoms with Gasteiger partial charge in [-0.05, 0) is 58.1 Å². The van der Waals surface area contributed by atoms with Gasteiger partial charge < -0.3 is 95.9 Å². The highest BCUT2D eigenvalue weighted by atomic mass is 16.3. The summed E-state index contributed by atoms with van der Waals surface area (Å²) in [6.07, 6.45) is 8.13. The van der Waals surface area contributed by atoms with Gasteiger partial charge in [0.2, 0.25) is 41.1 Å². The van der Waals surface area contributed by atoms with Gasteiger partial charge in [-0.15, -0.1) is 0 Å². The molecule has 33 nitrogen and oxygen atoms in total. The minimum absolute atomic E-state index is 0.000309. The maximum atomic E-state index is 13.3. The standard InChI is InChI=1S/C54H73N21O12/c1-31(76)60-39-28-73(7)45(65-39)52(85)59-18-13-38(77)51(84)68-41-30-75(9)47(67-41)54(87)63-33-23-36(71(5)26-33)48(81)56-16-10-12-43(79)64-40-29-74(8)46(66-40)53(86)62-34-24-37(72(6)27-34)50(83)58-20-15-44(80)61-32-22-35(70(4)25-32)49(82)57-19-14-42(78)55-17-11-21-69(2)3/h22-30,38,77H,10-21H2,1-9H3,(H,55,78)(H,56,81)(H,57,82)(H,58,83)(H,59,85)(H,60,76)(H,61,80)(H,62,86)(H,63,87)(H,64,79)(H,68,84)/t38-/m1/s1. The van der Waals surface area contributed by atoms with Crippen molar-refractivity contribution >= 4 is 99.5 Å². The van der Waals surface area contributed by atoms with Gasteiger partial charge in [-0.2, -0.15) is 0 Å². The number of anilines is 6. The minimum Gasteiger partial charge on any atom is -0.383 e. The van der Waals surface area contributed by atoms with Crippen LogP contribution in [0.1, 0.15) is 109 Å². The SMILES string of the molecule is CC(=O)Nc1cn(C)c(C(=O)NCC[C@@H](O)C(=O)Nc2cn(C)c(C(=O)Nc3cc(C(=O)NCCCC(=O)Nc4cn(C)c(C(=O)Nc5cc(C(=O)NCCC(=O)Nc6cc(C(=O)NCCC(=O)NCCCN(C)C)n(C)c6)n(C)c5)n4)n(C)c3)n2)n1. The maximum absolute atomic E-state index is 13.3. The lowest BCUT2D eigenvalue weighted by Crippen LogP contribution is -2.34. The molecule has 11 amide bonds. The van der Waals surface area contributed by atoms with Gasteiger partial charge in [-0.1, -0.05) is 0 Å². The zero-order valence-corrected chi connectivity index (χ0v) is 49.7. The molecule has 0 spiro atoms. The third-order valence-electron chi connectivity index (χ3n) is 12.8. The molecule has 0 saturated carbocycles. The van der Waals surface area contributed by atoms with Crippen LogP contribution in [0.25, 0.3) is 0 Å². The summed E-state index contributed by atoms with van der Waals surface area (Å²) in [6.45, 7) is 2.79. The van der Waals surface area contributed by atoms with Gasteiger partial charge in [0.15, 0.2) is 17.5 Å². The molecule has 0 aliphatic rings. The van der Waals surface area contributed by atoms with Crippen molar-refractivity contribution in [3.05, 3.63) is 89.9 Å². The molecule has 0 aliphatic carbocycles. The van der Waals surface area contributed by atoms with Gasteiger partial charge in [-0.3, -0.25) is 52.7 Å². The van der Waals surface area contributed by atoms with Gasteiger partial charge >= 0.3 is 0 Å². The summed E-state index contributed by atoms with van der Waals surface area (Å²) in [5, 5.41) is 39.5. The molecule has 0 bridgehead atoms. The highest BCUT2D eigenvalue weighted by molar-refractivity contribution is 6.05. The second-order valence-electron chi connectivity index (χ2n) is 20.5. The second kappa shape index (κ2) is 30.4. The smallest absolute Gasteiger partial charge is 0.291 e. The highest BCUT2D eigenvalue weighted by Crippen LogP contribution is 2.19. The molecule has 0 saturated heterocycles. The average Bonchev–Trinajstić information content (AvgIpc) is 3.30. The molecule has 12 N–H and O–H groups in total. The lowest BCUT2D eigenvalue weighted by atomic mass is 10.2. The molecule has 466 valence electrons. The molecule has 0 aromatic carbocycles. The molecule has 0 aliphatic heterocycles. The number of amides is 11. The number of aryl methyl sites for hydroxylation is 6. The Morgan fingerprint density at radius 1 is 0.437 bits per heavy atom. The summed E-state index contributed by atoms with van der Waals surface area (Å²) in [5.41, 5.74) is 1.52. The van der Waals surface area contributed by atoms with Crippen LogP contribution in [0.2, 0.25) is 0 Å². The first-order valence-electron chi connectivity index (χ1n) is 27.4. The summed E-state index contributed by atoms with van der Waals surface area (Å²) >= 11 is 0. The van der Waals surface area contributed by atoms with E-state index in [1.54, 1.807) is 46.0 Å². The Morgan fingerprint density at radius 2 is 0.839 bits per heavy atom. The van der Waals surface area contributed by atoms with Crippen LogP contribution in [-0.4, -0.2) is 177 Å². The molecular weight excluding hydrogens is 1130 g/mol. The van der Waals surface area contributed by atoms with Crippen molar-refractivity contribution in [3.63, 3.8) is 0 Å². The lowest BCUT2D eigenvalue weighted by Gasteiger charge is -2.10. The molecule has 6 aromatic rings. The number of nitrogens with zero attached hydrogens (tertiary/aromatic N) is 10. The van der Waals surface area contributed by atoms with Crippen LogP contribution in [0.4, 0.5) is 34.5 Å². The average molecular weight is 1210 g/mol.